The number of carboxylic acids is 1. The van der Waals surface area contributed by atoms with Crippen LogP contribution in [0.3, 0.4) is 0 Å². The maximum atomic E-state index is 12.7. The average Bonchev–Trinajstić information content (AvgIpc) is 3.12. The fraction of sp³-hybridized carbons (Fsp3) is 0.722. The molecule has 1 aromatic heterocycles. The molecular formula is C18H29N4O15P. The number of carboxylic acid groups (broad SMARTS) is 1. The standard InChI is InChI=1S/C18H29N4O15P/c19-9-1-2-22(17(31)21-9)15-13(28)12(27)8(35-15)5-34-38(32,33)37-18(16(29)30)3-6(24)10(20)14(36-18)11(26)7(25)4-23/h1-2,6-8,10-15,23-28H,3-5,20H2,(H,29,30)(H,32,33)(H2,19,21,31)/t6-,7-,8-,10-,11-,12?,13+,14?,15-,18-/m1/s1. The van der Waals surface area contributed by atoms with E-state index in [2.05, 4.69) is 4.98 Å². The lowest BCUT2D eigenvalue weighted by Crippen LogP contribution is -2.66. The van der Waals surface area contributed by atoms with E-state index in [4.69, 9.17) is 35.1 Å². The predicted octanol–water partition coefficient (Wildman–Crippen LogP) is -5.45. The molecule has 19 nitrogen and oxygen atoms in total. The Bertz CT molecular complexity index is 1110. The van der Waals surface area contributed by atoms with E-state index in [0.717, 1.165) is 10.8 Å². The summed E-state index contributed by atoms with van der Waals surface area (Å²) in [5, 5.41) is 69.3. The van der Waals surface area contributed by atoms with Gasteiger partial charge in [0.15, 0.2) is 6.23 Å². The van der Waals surface area contributed by atoms with Gasteiger partial charge in [-0.3, -0.25) is 9.09 Å². The molecule has 2 fully saturated rings. The van der Waals surface area contributed by atoms with Gasteiger partial charge in [0, 0.05) is 12.6 Å². The molecule has 1 aromatic rings. The molecule has 3 unspecified atom stereocenters. The van der Waals surface area contributed by atoms with Gasteiger partial charge in [0.25, 0.3) is 5.79 Å². The normalized spacial score (nSPS) is 36.9. The Labute approximate surface area is 213 Å². The van der Waals surface area contributed by atoms with Gasteiger partial charge in [0.1, 0.15) is 42.4 Å². The second-order valence-corrected chi connectivity index (χ2v) is 10.1. The van der Waals surface area contributed by atoms with Crippen molar-refractivity contribution in [2.75, 3.05) is 18.9 Å². The molecule has 216 valence electrons. The molecule has 2 aliphatic rings. The topological polar surface area (TPSA) is 320 Å². The van der Waals surface area contributed by atoms with Crippen molar-refractivity contribution < 1.29 is 68.5 Å². The molecule has 0 saturated carbocycles. The summed E-state index contributed by atoms with van der Waals surface area (Å²) in [4.78, 5) is 37.7. The predicted molar refractivity (Wildman–Crippen MR) is 119 cm³/mol. The molecule has 0 radical (unpaired) electrons. The van der Waals surface area contributed by atoms with Gasteiger partial charge in [-0.2, -0.15) is 4.98 Å². The molecule has 38 heavy (non-hydrogen) atoms. The summed E-state index contributed by atoms with van der Waals surface area (Å²) >= 11 is 0. The fourth-order valence-electron chi connectivity index (χ4n) is 3.93. The second-order valence-electron chi connectivity index (χ2n) is 8.67. The van der Waals surface area contributed by atoms with E-state index in [0.29, 0.717) is 0 Å². The molecule has 3 rings (SSSR count). The van der Waals surface area contributed by atoms with Crippen LogP contribution in [0.1, 0.15) is 12.6 Å². The third-order valence-electron chi connectivity index (χ3n) is 6.00. The van der Waals surface area contributed by atoms with E-state index < -0.39 is 99.9 Å². The Kier molecular flexibility index (Phi) is 9.26. The quantitative estimate of drug-likeness (QED) is 0.117. The summed E-state index contributed by atoms with van der Waals surface area (Å²) < 4.78 is 33.4. The lowest BCUT2D eigenvalue weighted by atomic mass is 9.89. The third-order valence-corrected chi connectivity index (χ3v) is 7.00. The molecular weight excluding hydrogens is 543 g/mol. The molecule has 2 saturated heterocycles. The Hall–Kier alpha value is -2.10. The number of nitrogens with zero attached hydrogens (tertiary/aromatic N) is 2. The number of ether oxygens (including phenoxy) is 2. The smallest absolute Gasteiger partial charge is 0.475 e. The number of nitrogens with two attached hydrogens (primary N) is 2. The van der Waals surface area contributed by atoms with E-state index in [1.165, 1.54) is 6.07 Å². The van der Waals surface area contributed by atoms with Crippen LogP contribution in [0.5, 0.6) is 0 Å². The van der Waals surface area contributed by atoms with Crippen molar-refractivity contribution in [3.05, 3.63) is 22.7 Å². The number of aliphatic hydroxyl groups is 6. The number of phosphoric acid groups is 1. The van der Waals surface area contributed by atoms with E-state index >= 15 is 0 Å². The highest BCUT2D eigenvalue weighted by molar-refractivity contribution is 7.47. The van der Waals surface area contributed by atoms with Crippen LogP contribution < -0.4 is 17.2 Å². The Balaban J connectivity index is 1.74. The summed E-state index contributed by atoms with van der Waals surface area (Å²) in [6, 6.07) is -0.295. The number of aliphatic carboxylic acids is 1. The molecule has 2 aliphatic heterocycles. The highest BCUT2D eigenvalue weighted by Crippen LogP contribution is 2.51. The van der Waals surface area contributed by atoms with Crippen molar-refractivity contribution in [3.8, 4) is 0 Å². The van der Waals surface area contributed by atoms with Crippen molar-refractivity contribution in [2.24, 2.45) is 5.73 Å². The summed E-state index contributed by atoms with van der Waals surface area (Å²) in [7, 11) is -5.44. The second kappa shape index (κ2) is 11.6. The zero-order valence-corrected chi connectivity index (χ0v) is 20.3. The molecule has 11 atom stereocenters. The number of hydrogen-bond donors (Lipinski definition) is 10. The van der Waals surface area contributed by atoms with Gasteiger partial charge in [0.05, 0.1) is 25.4 Å². The number of aromatic nitrogens is 2. The Morgan fingerprint density at radius 2 is 1.97 bits per heavy atom. The molecule has 0 amide bonds. The van der Waals surface area contributed by atoms with Crippen LogP contribution in [-0.4, -0.2) is 124 Å². The maximum absolute atomic E-state index is 12.7. The van der Waals surface area contributed by atoms with Crippen molar-refractivity contribution in [2.45, 2.75) is 67.2 Å². The van der Waals surface area contributed by atoms with Crippen molar-refractivity contribution >= 4 is 19.6 Å². The van der Waals surface area contributed by atoms with Gasteiger partial charge in [-0.15, -0.1) is 0 Å². The number of hydrogen-bond acceptors (Lipinski definition) is 16. The first-order valence-electron chi connectivity index (χ1n) is 11.0. The van der Waals surface area contributed by atoms with E-state index in [-0.39, 0.29) is 5.82 Å². The van der Waals surface area contributed by atoms with Crippen molar-refractivity contribution in [1.29, 1.82) is 0 Å². The zero-order valence-electron chi connectivity index (χ0n) is 19.4. The lowest BCUT2D eigenvalue weighted by molar-refractivity contribution is -0.286. The minimum absolute atomic E-state index is 0.124. The first-order valence-corrected chi connectivity index (χ1v) is 12.5. The zero-order chi connectivity index (χ0) is 28.6. The van der Waals surface area contributed by atoms with Crippen LogP contribution in [0.15, 0.2) is 17.1 Å². The number of anilines is 1. The van der Waals surface area contributed by atoms with Crippen molar-refractivity contribution in [1.82, 2.24) is 9.55 Å². The average molecular weight is 572 g/mol. The van der Waals surface area contributed by atoms with Gasteiger partial charge < -0.3 is 61.6 Å². The molecule has 12 N–H and O–H groups in total. The highest BCUT2D eigenvalue weighted by atomic mass is 31.2. The van der Waals surface area contributed by atoms with E-state index in [1.807, 2.05) is 0 Å². The summed E-state index contributed by atoms with van der Waals surface area (Å²) in [6.45, 7) is -1.98. The molecule has 0 aliphatic carbocycles. The summed E-state index contributed by atoms with van der Waals surface area (Å²) in [5.74, 6) is -5.29. The monoisotopic (exact) mass is 572 g/mol. The lowest BCUT2D eigenvalue weighted by Gasteiger charge is -2.45. The number of aliphatic hydroxyl groups excluding tert-OH is 6. The van der Waals surface area contributed by atoms with Crippen LogP contribution in [0, 0.1) is 0 Å². The Morgan fingerprint density at radius 1 is 1.32 bits per heavy atom. The maximum Gasteiger partial charge on any atom is 0.475 e. The molecule has 3 heterocycles. The van der Waals surface area contributed by atoms with E-state index in [1.54, 1.807) is 0 Å². The summed E-state index contributed by atoms with van der Waals surface area (Å²) in [5.41, 5.74) is 10.2. The number of carbonyl (C=O) groups is 1. The molecule has 0 aromatic carbocycles. The van der Waals surface area contributed by atoms with Gasteiger partial charge in [-0.1, -0.05) is 0 Å². The number of rotatable bonds is 10. The minimum Gasteiger partial charge on any atom is -0.477 e. The fourth-order valence-corrected chi connectivity index (χ4v) is 4.89. The van der Waals surface area contributed by atoms with Crippen LogP contribution in [0.4, 0.5) is 5.82 Å². The van der Waals surface area contributed by atoms with Crippen LogP contribution in [-0.2, 0) is 27.9 Å². The van der Waals surface area contributed by atoms with Gasteiger partial charge >= 0.3 is 19.5 Å². The largest absolute Gasteiger partial charge is 0.477 e. The molecule has 0 spiro atoms. The Morgan fingerprint density at radius 3 is 2.55 bits per heavy atom. The number of nitrogen functional groups attached to an aromatic ring is 1. The molecule has 20 heteroatoms. The number of phosphoric ester groups is 1. The van der Waals surface area contributed by atoms with Crippen LogP contribution in [0.2, 0.25) is 0 Å². The first kappa shape index (κ1) is 30.4. The van der Waals surface area contributed by atoms with Gasteiger partial charge in [0.2, 0.25) is 0 Å². The van der Waals surface area contributed by atoms with Crippen molar-refractivity contribution in [3.63, 3.8) is 0 Å². The SMILES string of the molecule is Nc1ccn([C@@H]2O[C@H](COP(=O)(O)O[C@@]3(C(=O)O)C[C@@H](O)[C@@H](N)C([C@H](O)[C@H](O)CO)O3)C(O)[C@@H]2O)c(=O)n1. The summed E-state index contributed by atoms with van der Waals surface area (Å²) in [6.07, 6.45) is -14.0. The highest BCUT2D eigenvalue weighted by Gasteiger charge is 2.58. The van der Waals surface area contributed by atoms with Gasteiger partial charge in [-0.05, 0) is 6.07 Å². The van der Waals surface area contributed by atoms with Crippen LogP contribution in [0.25, 0.3) is 0 Å². The first-order chi connectivity index (χ1) is 17.6. The third kappa shape index (κ3) is 6.20. The van der Waals surface area contributed by atoms with Crippen LogP contribution >= 0.6 is 7.82 Å². The van der Waals surface area contributed by atoms with E-state index in [9.17, 15) is 49.7 Å². The van der Waals surface area contributed by atoms with Gasteiger partial charge in [-0.25, -0.2) is 18.7 Å². The molecule has 0 bridgehead atoms. The minimum atomic E-state index is -5.44.